The molecule has 0 saturated heterocycles. The maximum atomic E-state index is 5.79. The van der Waals surface area contributed by atoms with Gasteiger partial charge in [0.15, 0.2) is 23.9 Å². The number of nitrogens with one attached hydrogen (secondary N) is 1. The largest absolute Gasteiger partial charge is 0.483 e. The molecule has 0 bridgehead atoms. The lowest BCUT2D eigenvalue weighted by Gasteiger charge is -2.11. The number of hydrogen-bond acceptors (Lipinski definition) is 7. The van der Waals surface area contributed by atoms with E-state index in [2.05, 4.69) is 15.5 Å². The van der Waals surface area contributed by atoms with Crippen LogP contribution in [-0.2, 0) is 19.6 Å². The van der Waals surface area contributed by atoms with Crippen molar-refractivity contribution in [3.63, 3.8) is 0 Å². The average Bonchev–Trinajstić information content (AvgIpc) is 3.13. The maximum Gasteiger partial charge on any atom is 0.264 e. The van der Waals surface area contributed by atoms with Gasteiger partial charge in [0.05, 0.1) is 0 Å². The zero-order chi connectivity index (χ0) is 14.7. The van der Waals surface area contributed by atoms with Gasteiger partial charge >= 0.3 is 0 Å². The Labute approximate surface area is 122 Å². The van der Waals surface area contributed by atoms with Gasteiger partial charge < -0.3 is 24.1 Å². The molecule has 1 aliphatic heterocycles. The molecule has 7 heteroatoms. The maximum absolute atomic E-state index is 5.79. The summed E-state index contributed by atoms with van der Waals surface area (Å²) < 4.78 is 21.6. The highest BCUT2D eigenvalue weighted by Crippen LogP contribution is 2.38. The minimum atomic E-state index is 0.226. The number of aryl methyl sites for hydroxylation is 1. The molecule has 1 aromatic carbocycles. The summed E-state index contributed by atoms with van der Waals surface area (Å²) in [7, 11) is 1.87. The molecule has 2 heterocycles. The summed E-state index contributed by atoms with van der Waals surface area (Å²) in [4.78, 5) is 4.22. The molecule has 0 saturated carbocycles. The van der Waals surface area contributed by atoms with Gasteiger partial charge in [0.1, 0.15) is 5.75 Å². The number of hydrogen-bond donors (Lipinski definition) is 1. The van der Waals surface area contributed by atoms with Crippen molar-refractivity contribution in [2.45, 2.75) is 26.5 Å². The van der Waals surface area contributed by atoms with E-state index >= 15 is 0 Å². The summed E-state index contributed by atoms with van der Waals surface area (Å²) in [6.07, 6.45) is 0.735. The van der Waals surface area contributed by atoms with Crippen LogP contribution in [0.25, 0.3) is 0 Å². The topological polar surface area (TPSA) is 78.6 Å². The molecular weight excluding hydrogens is 274 g/mol. The van der Waals surface area contributed by atoms with Crippen LogP contribution in [0.15, 0.2) is 16.7 Å². The first kappa shape index (κ1) is 13.7. The molecule has 0 amide bonds. The highest BCUT2D eigenvalue weighted by Gasteiger charge is 2.18. The van der Waals surface area contributed by atoms with Gasteiger partial charge in [0, 0.05) is 24.6 Å². The summed E-state index contributed by atoms with van der Waals surface area (Å²) in [5.41, 5.74) is 0.983. The molecule has 21 heavy (non-hydrogen) atoms. The number of ether oxygens (including phenoxy) is 3. The first-order chi connectivity index (χ1) is 10.3. The van der Waals surface area contributed by atoms with Crippen molar-refractivity contribution in [2.24, 2.45) is 0 Å². The molecule has 7 nitrogen and oxygen atoms in total. The zero-order valence-electron chi connectivity index (χ0n) is 12.0. The molecule has 1 aromatic heterocycles. The fourth-order valence-corrected chi connectivity index (χ4v) is 2.06. The molecule has 1 aliphatic rings. The molecule has 0 aliphatic carbocycles. The SMILES string of the molecule is CCc1noc(COc2cc3c(cc2CNC)OCO3)n1. The van der Waals surface area contributed by atoms with E-state index in [-0.39, 0.29) is 13.4 Å². The van der Waals surface area contributed by atoms with Gasteiger partial charge in [-0.25, -0.2) is 0 Å². The van der Waals surface area contributed by atoms with Crippen molar-refractivity contribution in [1.82, 2.24) is 15.5 Å². The fraction of sp³-hybridized carbons (Fsp3) is 0.429. The lowest BCUT2D eigenvalue weighted by atomic mass is 10.1. The van der Waals surface area contributed by atoms with Crippen LogP contribution in [0.5, 0.6) is 17.2 Å². The summed E-state index contributed by atoms with van der Waals surface area (Å²) >= 11 is 0. The molecule has 3 rings (SSSR count). The van der Waals surface area contributed by atoms with Crippen LogP contribution < -0.4 is 19.5 Å². The fourth-order valence-electron chi connectivity index (χ4n) is 2.06. The van der Waals surface area contributed by atoms with Crippen LogP contribution in [0.1, 0.15) is 24.2 Å². The predicted molar refractivity (Wildman–Crippen MR) is 73.3 cm³/mol. The molecule has 0 radical (unpaired) electrons. The Hall–Kier alpha value is -2.28. The number of nitrogens with zero attached hydrogens (tertiary/aromatic N) is 2. The standard InChI is InChI=1S/C14H17N3O4/c1-3-13-16-14(21-17-13)7-18-10-5-12-11(19-8-20-12)4-9(10)6-15-2/h4-5,15H,3,6-8H2,1-2H3. The van der Waals surface area contributed by atoms with Gasteiger partial charge in [-0.1, -0.05) is 12.1 Å². The van der Waals surface area contributed by atoms with Gasteiger partial charge in [0.2, 0.25) is 6.79 Å². The zero-order valence-corrected chi connectivity index (χ0v) is 12.0. The highest BCUT2D eigenvalue weighted by molar-refractivity contribution is 5.51. The highest BCUT2D eigenvalue weighted by atomic mass is 16.7. The molecule has 0 spiro atoms. The predicted octanol–water partition coefficient (Wildman–Crippen LogP) is 1.66. The first-order valence-electron chi connectivity index (χ1n) is 6.81. The Balaban J connectivity index is 1.77. The van der Waals surface area contributed by atoms with Crippen LogP contribution in [-0.4, -0.2) is 24.0 Å². The summed E-state index contributed by atoms with van der Waals surface area (Å²) in [6.45, 7) is 3.10. The van der Waals surface area contributed by atoms with Crippen LogP contribution in [0.2, 0.25) is 0 Å². The Bertz CT molecular complexity index is 627. The van der Waals surface area contributed by atoms with E-state index < -0.39 is 0 Å². The molecule has 2 aromatic rings. The van der Waals surface area contributed by atoms with E-state index in [4.69, 9.17) is 18.7 Å². The van der Waals surface area contributed by atoms with Crippen molar-refractivity contribution < 1.29 is 18.7 Å². The van der Waals surface area contributed by atoms with E-state index in [9.17, 15) is 0 Å². The van der Waals surface area contributed by atoms with Crippen molar-refractivity contribution in [3.8, 4) is 17.2 Å². The molecule has 0 unspecified atom stereocenters. The van der Waals surface area contributed by atoms with Gasteiger partial charge in [0.25, 0.3) is 5.89 Å². The summed E-state index contributed by atoms with van der Waals surface area (Å²) in [5, 5.41) is 6.94. The second-order valence-electron chi connectivity index (χ2n) is 4.59. The minimum Gasteiger partial charge on any atom is -0.483 e. The average molecular weight is 291 g/mol. The van der Waals surface area contributed by atoms with Crippen LogP contribution in [0.4, 0.5) is 0 Å². The Morgan fingerprint density at radius 1 is 1.29 bits per heavy atom. The normalized spacial score (nSPS) is 12.7. The second-order valence-corrected chi connectivity index (χ2v) is 4.59. The van der Waals surface area contributed by atoms with Gasteiger partial charge in [-0.05, 0) is 13.1 Å². The Morgan fingerprint density at radius 3 is 2.81 bits per heavy atom. The Morgan fingerprint density at radius 2 is 2.10 bits per heavy atom. The van der Waals surface area contributed by atoms with Crippen molar-refractivity contribution in [3.05, 3.63) is 29.4 Å². The number of rotatable bonds is 6. The Kier molecular flexibility index (Phi) is 3.92. The van der Waals surface area contributed by atoms with Crippen LogP contribution >= 0.6 is 0 Å². The summed E-state index contributed by atoms with van der Waals surface area (Å²) in [5.74, 6) is 3.27. The van der Waals surface area contributed by atoms with Gasteiger partial charge in [-0.15, -0.1) is 0 Å². The van der Waals surface area contributed by atoms with Gasteiger partial charge in [-0.2, -0.15) is 4.98 Å². The molecular formula is C14H17N3O4. The van der Waals surface area contributed by atoms with E-state index in [0.717, 1.165) is 17.7 Å². The van der Waals surface area contributed by atoms with E-state index in [0.29, 0.717) is 29.8 Å². The van der Waals surface area contributed by atoms with E-state index in [1.54, 1.807) is 0 Å². The van der Waals surface area contributed by atoms with Crippen LogP contribution in [0, 0.1) is 0 Å². The quantitative estimate of drug-likeness (QED) is 0.867. The second kappa shape index (κ2) is 6.01. The van der Waals surface area contributed by atoms with Crippen LogP contribution in [0.3, 0.4) is 0 Å². The minimum absolute atomic E-state index is 0.226. The van der Waals surface area contributed by atoms with Gasteiger partial charge in [-0.3, -0.25) is 0 Å². The third-order valence-electron chi connectivity index (χ3n) is 3.10. The monoisotopic (exact) mass is 291 g/mol. The molecule has 1 N–H and O–H groups in total. The first-order valence-corrected chi connectivity index (χ1v) is 6.81. The van der Waals surface area contributed by atoms with Crippen molar-refractivity contribution >= 4 is 0 Å². The van der Waals surface area contributed by atoms with E-state index in [1.165, 1.54) is 0 Å². The molecule has 0 atom stereocenters. The third kappa shape index (κ3) is 2.92. The molecule has 0 fully saturated rings. The number of aromatic nitrogens is 2. The number of fused-ring (bicyclic) bond motifs is 1. The third-order valence-corrected chi connectivity index (χ3v) is 3.10. The smallest absolute Gasteiger partial charge is 0.264 e. The lowest BCUT2D eigenvalue weighted by molar-refractivity contribution is 0.173. The van der Waals surface area contributed by atoms with Crippen molar-refractivity contribution in [1.29, 1.82) is 0 Å². The number of benzene rings is 1. The van der Waals surface area contributed by atoms with Crippen molar-refractivity contribution in [2.75, 3.05) is 13.8 Å². The summed E-state index contributed by atoms with van der Waals surface area (Å²) in [6, 6.07) is 3.74. The van der Waals surface area contributed by atoms with E-state index in [1.807, 2.05) is 26.1 Å². The lowest BCUT2D eigenvalue weighted by Crippen LogP contribution is -2.08. The molecule has 112 valence electrons.